The van der Waals surface area contributed by atoms with Crippen LogP contribution < -0.4 is 5.32 Å². The van der Waals surface area contributed by atoms with Crippen molar-refractivity contribution in [3.63, 3.8) is 0 Å². The maximum Gasteiger partial charge on any atom is 0.0738 e. The van der Waals surface area contributed by atoms with E-state index < -0.39 is 0 Å². The van der Waals surface area contributed by atoms with Gasteiger partial charge in [0.25, 0.3) is 0 Å². The molecule has 0 spiro atoms. The molecule has 0 aliphatic carbocycles. The average Bonchev–Trinajstić information content (AvgIpc) is 2.35. The summed E-state index contributed by atoms with van der Waals surface area (Å²) in [6.45, 7) is 14.0. The summed E-state index contributed by atoms with van der Waals surface area (Å²) in [5, 5.41) is 4.82. The van der Waals surface area contributed by atoms with Crippen molar-refractivity contribution in [1.82, 2.24) is 10.3 Å². The van der Waals surface area contributed by atoms with Gasteiger partial charge in [-0.3, -0.25) is 4.98 Å². The van der Waals surface area contributed by atoms with Crippen molar-refractivity contribution in [2.24, 2.45) is 0 Å². The summed E-state index contributed by atoms with van der Waals surface area (Å²) < 4.78 is 0. The summed E-state index contributed by atoms with van der Waals surface area (Å²) in [5.74, 6) is 0.456. The monoisotopic (exact) mass is 270 g/mol. The highest BCUT2D eigenvalue weighted by Crippen LogP contribution is 2.26. The molecule has 108 valence electrons. The molecule has 0 radical (unpaired) electrons. The van der Waals surface area contributed by atoms with E-state index in [-0.39, 0.29) is 0 Å². The first-order chi connectivity index (χ1) is 9.38. The zero-order chi connectivity index (χ0) is 14.9. The molecule has 0 aliphatic heterocycles. The van der Waals surface area contributed by atoms with E-state index in [1.807, 2.05) is 0 Å². The van der Waals surface area contributed by atoms with Gasteiger partial charge in [0.15, 0.2) is 0 Å². The molecule has 0 fully saturated rings. The molecular weight excluding hydrogens is 244 g/mol. The zero-order valence-corrected chi connectivity index (χ0v) is 13.5. The van der Waals surface area contributed by atoms with E-state index in [4.69, 9.17) is 4.98 Å². The predicted molar refractivity (Wildman–Crippen MR) is 87.3 cm³/mol. The Bertz CT molecular complexity index is 612. The molecule has 1 N–H and O–H groups in total. The minimum atomic E-state index is 0.456. The molecule has 0 amide bonds. The van der Waals surface area contributed by atoms with Gasteiger partial charge in [0, 0.05) is 23.7 Å². The quantitative estimate of drug-likeness (QED) is 0.886. The lowest BCUT2D eigenvalue weighted by molar-refractivity contribution is 0.590. The fourth-order valence-electron chi connectivity index (χ4n) is 2.53. The van der Waals surface area contributed by atoms with Gasteiger partial charge in [-0.1, -0.05) is 39.3 Å². The van der Waals surface area contributed by atoms with Crippen LogP contribution in [0.5, 0.6) is 0 Å². The lowest BCUT2D eigenvalue weighted by Crippen LogP contribution is -2.22. The fourth-order valence-corrected chi connectivity index (χ4v) is 2.53. The molecule has 1 heterocycles. The molecule has 2 rings (SSSR count). The molecule has 0 unspecified atom stereocenters. The van der Waals surface area contributed by atoms with E-state index in [0.29, 0.717) is 12.0 Å². The SMILES string of the molecule is Cc1cc(C)c2nc(C(C)C)cc(CNC(C)C)c2c1. The number of fused-ring (bicyclic) bond motifs is 1. The fraction of sp³-hybridized carbons (Fsp3) is 0.500. The Balaban J connectivity index is 2.61. The summed E-state index contributed by atoms with van der Waals surface area (Å²) in [6, 6.07) is 7.24. The maximum atomic E-state index is 4.88. The lowest BCUT2D eigenvalue weighted by Gasteiger charge is -2.15. The third-order valence-corrected chi connectivity index (χ3v) is 3.65. The molecule has 1 aromatic carbocycles. The number of benzene rings is 1. The predicted octanol–water partition coefficient (Wildman–Crippen LogP) is 4.47. The third kappa shape index (κ3) is 3.18. The molecule has 0 aliphatic rings. The normalized spacial score (nSPS) is 11.8. The third-order valence-electron chi connectivity index (χ3n) is 3.65. The van der Waals surface area contributed by atoms with Crippen LogP contribution in [0.2, 0.25) is 0 Å². The first-order valence-corrected chi connectivity index (χ1v) is 7.52. The van der Waals surface area contributed by atoms with Crippen LogP contribution in [0.25, 0.3) is 10.9 Å². The van der Waals surface area contributed by atoms with Crippen LogP contribution in [-0.2, 0) is 6.54 Å². The smallest absolute Gasteiger partial charge is 0.0738 e. The number of nitrogens with one attached hydrogen (secondary N) is 1. The minimum absolute atomic E-state index is 0.456. The van der Waals surface area contributed by atoms with Crippen molar-refractivity contribution in [3.8, 4) is 0 Å². The van der Waals surface area contributed by atoms with Crippen LogP contribution >= 0.6 is 0 Å². The molecule has 2 aromatic rings. The Morgan fingerprint density at radius 3 is 2.35 bits per heavy atom. The van der Waals surface area contributed by atoms with E-state index in [0.717, 1.165) is 12.1 Å². The molecule has 20 heavy (non-hydrogen) atoms. The van der Waals surface area contributed by atoms with Gasteiger partial charge >= 0.3 is 0 Å². The van der Waals surface area contributed by atoms with Gasteiger partial charge in [-0.15, -0.1) is 0 Å². The molecule has 0 bridgehead atoms. The van der Waals surface area contributed by atoms with Gasteiger partial charge in [0.1, 0.15) is 0 Å². The molecule has 0 saturated heterocycles. The molecule has 2 nitrogen and oxygen atoms in total. The number of rotatable bonds is 4. The topological polar surface area (TPSA) is 24.9 Å². The van der Waals surface area contributed by atoms with Crippen LogP contribution in [0.3, 0.4) is 0 Å². The van der Waals surface area contributed by atoms with Crippen LogP contribution in [0, 0.1) is 13.8 Å². The first-order valence-electron chi connectivity index (χ1n) is 7.52. The van der Waals surface area contributed by atoms with Crippen molar-refractivity contribution >= 4 is 10.9 Å². The Labute approximate surface area is 122 Å². The van der Waals surface area contributed by atoms with Gasteiger partial charge in [0.05, 0.1) is 5.52 Å². The van der Waals surface area contributed by atoms with E-state index in [1.165, 1.54) is 27.8 Å². The van der Waals surface area contributed by atoms with Crippen LogP contribution in [-0.4, -0.2) is 11.0 Å². The molecule has 1 aromatic heterocycles. The summed E-state index contributed by atoms with van der Waals surface area (Å²) in [4.78, 5) is 4.88. The van der Waals surface area contributed by atoms with Gasteiger partial charge in [-0.05, 0) is 43.0 Å². The Hall–Kier alpha value is -1.41. The number of aryl methyl sites for hydroxylation is 2. The minimum Gasteiger partial charge on any atom is -0.310 e. The summed E-state index contributed by atoms with van der Waals surface area (Å²) >= 11 is 0. The number of pyridine rings is 1. The molecular formula is C18H26N2. The largest absolute Gasteiger partial charge is 0.310 e. The number of aromatic nitrogens is 1. The van der Waals surface area contributed by atoms with Crippen LogP contribution in [0.4, 0.5) is 0 Å². The number of hydrogen-bond acceptors (Lipinski definition) is 2. The Morgan fingerprint density at radius 2 is 1.75 bits per heavy atom. The summed E-state index contributed by atoms with van der Waals surface area (Å²) in [6.07, 6.45) is 0. The van der Waals surface area contributed by atoms with Crippen LogP contribution in [0.1, 0.15) is 56.0 Å². The number of hydrogen-bond donors (Lipinski definition) is 1. The number of nitrogens with zero attached hydrogens (tertiary/aromatic N) is 1. The van der Waals surface area contributed by atoms with E-state index in [2.05, 4.69) is 65.1 Å². The molecule has 2 heteroatoms. The van der Waals surface area contributed by atoms with Crippen molar-refractivity contribution in [1.29, 1.82) is 0 Å². The van der Waals surface area contributed by atoms with Gasteiger partial charge < -0.3 is 5.32 Å². The highest BCUT2D eigenvalue weighted by Gasteiger charge is 2.11. The van der Waals surface area contributed by atoms with Crippen molar-refractivity contribution < 1.29 is 0 Å². The summed E-state index contributed by atoms with van der Waals surface area (Å²) in [5.41, 5.74) is 6.28. The van der Waals surface area contributed by atoms with E-state index >= 15 is 0 Å². The highest BCUT2D eigenvalue weighted by atomic mass is 14.9. The molecule has 0 atom stereocenters. The second-order valence-corrected chi connectivity index (χ2v) is 6.37. The maximum absolute atomic E-state index is 4.88. The Kier molecular flexibility index (Phi) is 4.44. The average molecular weight is 270 g/mol. The van der Waals surface area contributed by atoms with Crippen LogP contribution in [0.15, 0.2) is 18.2 Å². The summed E-state index contributed by atoms with van der Waals surface area (Å²) in [7, 11) is 0. The van der Waals surface area contributed by atoms with Gasteiger partial charge in [-0.25, -0.2) is 0 Å². The lowest BCUT2D eigenvalue weighted by atomic mass is 9.99. The van der Waals surface area contributed by atoms with Crippen molar-refractivity contribution in [3.05, 3.63) is 40.6 Å². The van der Waals surface area contributed by atoms with Gasteiger partial charge in [0.2, 0.25) is 0 Å². The molecule has 0 saturated carbocycles. The second-order valence-electron chi connectivity index (χ2n) is 6.37. The highest BCUT2D eigenvalue weighted by molar-refractivity contribution is 5.86. The second kappa shape index (κ2) is 5.92. The Morgan fingerprint density at radius 1 is 1.05 bits per heavy atom. The van der Waals surface area contributed by atoms with E-state index in [9.17, 15) is 0 Å². The zero-order valence-electron chi connectivity index (χ0n) is 13.5. The van der Waals surface area contributed by atoms with Crippen molar-refractivity contribution in [2.45, 2.75) is 60.0 Å². The first kappa shape index (κ1) is 15.0. The van der Waals surface area contributed by atoms with Gasteiger partial charge in [-0.2, -0.15) is 0 Å². The van der Waals surface area contributed by atoms with E-state index in [1.54, 1.807) is 0 Å². The standard InChI is InChI=1S/C18H26N2/c1-11(2)17-9-15(10-19-12(3)4)16-8-13(5)7-14(6)18(16)20-17/h7-9,11-12,19H,10H2,1-6H3. The van der Waals surface area contributed by atoms with Crippen molar-refractivity contribution in [2.75, 3.05) is 0 Å².